The second-order valence-electron chi connectivity index (χ2n) is 4.69. The van der Waals surface area contributed by atoms with Crippen molar-refractivity contribution < 1.29 is 9.90 Å². The molecule has 0 spiro atoms. The van der Waals surface area contributed by atoms with Crippen LogP contribution in [0.1, 0.15) is 34.1 Å². The van der Waals surface area contributed by atoms with Crippen molar-refractivity contribution in [3.63, 3.8) is 0 Å². The Balaban J connectivity index is 4.33. The van der Waals surface area contributed by atoms with Gasteiger partial charge in [0.1, 0.15) is 5.92 Å². The van der Waals surface area contributed by atoms with Gasteiger partial charge < -0.3 is 5.11 Å². The average Bonchev–Trinajstić information content (AvgIpc) is 1.82. The molecule has 0 aromatic heterocycles. The van der Waals surface area contributed by atoms with E-state index in [2.05, 4.69) is 0 Å². The third kappa shape index (κ3) is 4.51. The fraction of sp³-hybridized carbons (Fsp3) is 0.800. The van der Waals surface area contributed by atoms with Crippen LogP contribution in [-0.4, -0.2) is 11.1 Å². The number of hydrogen-bond donors (Lipinski definition) is 1. The SMILES string of the molecule is CC(CC(C)(C)C)C(C#N)C(=O)O. The number of carboxylic acid groups (broad SMARTS) is 1. The summed E-state index contributed by atoms with van der Waals surface area (Å²) in [5.41, 5.74) is 0.0734. The van der Waals surface area contributed by atoms with E-state index in [1.807, 2.05) is 33.8 Å². The Morgan fingerprint density at radius 2 is 2.00 bits per heavy atom. The summed E-state index contributed by atoms with van der Waals surface area (Å²) >= 11 is 0. The molecule has 1 N–H and O–H groups in total. The Labute approximate surface area is 79.4 Å². The molecule has 0 aliphatic rings. The third-order valence-corrected chi connectivity index (χ3v) is 1.91. The summed E-state index contributed by atoms with van der Waals surface area (Å²) in [5, 5.41) is 17.4. The first-order valence-corrected chi connectivity index (χ1v) is 4.40. The van der Waals surface area contributed by atoms with Gasteiger partial charge in [-0.1, -0.05) is 27.7 Å². The molecule has 0 aliphatic carbocycles. The van der Waals surface area contributed by atoms with E-state index in [9.17, 15) is 4.79 Å². The second-order valence-corrected chi connectivity index (χ2v) is 4.69. The number of nitrogens with zero attached hydrogens (tertiary/aromatic N) is 1. The quantitative estimate of drug-likeness (QED) is 0.730. The predicted molar refractivity (Wildman–Crippen MR) is 50.0 cm³/mol. The molecule has 0 saturated carbocycles. The molecule has 13 heavy (non-hydrogen) atoms. The highest BCUT2D eigenvalue weighted by molar-refractivity contribution is 5.73. The van der Waals surface area contributed by atoms with Gasteiger partial charge in [-0.3, -0.25) is 4.79 Å². The molecular formula is C10H17NO2. The Hall–Kier alpha value is -1.04. The zero-order chi connectivity index (χ0) is 10.6. The van der Waals surface area contributed by atoms with Crippen molar-refractivity contribution in [2.75, 3.05) is 0 Å². The number of carbonyl (C=O) groups is 1. The van der Waals surface area contributed by atoms with Gasteiger partial charge in [0.25, 0.3) is 0 Å². The first-order valence-electron chi connectivity index (χ1n) is 4.40. The van der Waals surface area contributed by atoms with Crippen molar-refractivity contribution in [3.05, 3.63) is 0 Å². The zero-order valence-electron chi connectivity index (χ0n) is 8.66. The molecule has 2 unspecified atom stereocenters. The van der Waals surface area contributed by atoms with Crippen LogP contribution in [0.2, 0.25) is 0 Å². The summed E-state index contributed by atoms with van der Waals surface area (Å²) in [7, 11) is 0. The molecule has 0 aliphatic heterocycles. The Morgan fingerprint density at radius 1 is 1.54 bits per heavy atom. The molecule has 0 saturated heterocycles. The number of nitriles is 1. The van der Waals surface area contributed by atoms with Gasteiger partial charge >= 0.3 is 5.97 Å². The van der Waals surface area contributed by atoms with Gasteiger partial charge in [-0.25, -0.2) is 0 Å². The first-order chi connectivity index (χ1) is 5.78. The predicted octanol–water partition coefficient (Wildman–Crippen LogP) is 2.28. The minimum atomic E-state index is -1.01. The standard InChI is InChI=1S/C10H17NO2/c1-7(5-10(2,3)4)8(6-11)9(12)13/h7-8H,5H2,1-4H3,(H,12,13). The minimum Gasteiger partial charge on any atom is -0.480 e. The number of hydrogen-bond acceptors (Lipinski definition) is 2. The molecule has 74 valence electrons. The van der Waals surface area contributed by atoms with Crippen molar-refractivity contribution in [1.29, 1.82) is 5.26 Å². The molecule has 0 amide bonds. The monoisotopic (exact) mass is 183 g/mol. The van der Waals surface area contributed by atoms with Gasteiger partial charge in [-0.2, -0.15) is 5.26 Å². The molecule has 2 atom stereocenters. The van der Waals surface area contributed by atoms with E-state index in [1.165, 1.54) is 0 Å². The highest BCUT2D eigenvalue weighted by atomic mass is 16.4. The lowest BCUT2D eigenvalue weighted by Gasteiger charge is -2.24. The molecular weight excluding hydrogens is 166 g/mol. The average molecular weight is 183 g/mol. The van der Waals surface area contributed by atoms with Crippen molar-refractivity contribution >= 4 is 5.97 Å². The van der Waals surface area contributed by atoms with Crippen LogP contribution in [0.4, 0.5) is 0 Å². The van der Waals surface area contributed by atoms with Gasteiger partial charge in [0.15, 0.2) is 0 Å². The summed E-state index contributed by atoms with van der Waals surface area (Å²) in [5.74, 6) is -1.99. The van der Waals surface area contributed by atoms with Crippen LogP contribution in [0, 0.1) is 28.6 Å². The molecule has 0 heterocycles. The molecule has 3 nitrogen and oxygen atoms in total. The molecule has 0 rings (SSSR count). The summed E-state index contributed by atoms with van der Waals surface area (Å²) in [6.45, 7) is 7.94. The zero-order valence-corrected chi connectivity index (χ0v) is 8.66. The molecule has 0 fully saturated rings. The third-order valence-electron chi connectivity index (χ3n) is 1.91. The van der Waals surface area contributed by atoms with E-state index in [0.29, 0.717) is 0 Å². The van der Waals surface area contributed by atoms with Crippen molar-refractivity contribution in [2.24, 2.45) is 17.3 Å². The molecule has 0 bridgehead atoms. The molecule has 0 aromatic carbocycles. The van der Waals surface area contributed by atoms with Crippen LogP contribution in [0.25, 0.3) is 0 Å². The number of aliphatic carboxylic acids is 1. The minimum absolute atomic E-state index is 0.0734. The Bertz CT molecular complexity index is 222. The maximum atomic E-state index is 10.6. The summed E-state index contributed by atoms with van der Waals surface area (Å²) in [6.07, 6.45) is 0.748. The van der Waals surface area contributed by atoms with Crippen LogP contribution >= 0.6 is 0 Å². The second kappa shape index (κ2) is 4.27. The first kappa shape index (κ1) is 12.0. The van der Waals surface area contributed by atoms with Gasteiger partial charge in [0, 0.05) is 0 Å². The van der Waals surface area contributed by atoms with Crippen LogP contribution in [-0.2, 0) is 4.79 Å². The lowest BCUT2D eigenvalue weighted by Crippen LogP contribution is -2.23. The van der Waals surface area contributed by atoms with Gasteiger partial charge in [0.05, 0.1) is 6.07 Å². The summed E-state index contributed by atoms with van der Waals surface area (Å²) in [4.78, 5) is 10.6. The molecule has 0 radical (unpaired) electrons. The highest BCUT2D eigenvalue weighted by Crippen LogP contribution is 2.28. The van der Waals surface area contributed by atoms with E-state index in [1.54, 1.807) is 0 Å². The van der Waals surface area contributed by atoms with Crippen LogP contribution in [0.15, 0.2) is 0 Å². The lowest BCUT2D eigenvalue weighted by molar-refractivity contribution is -0.141. The van der Waals surface area contributed by atoms with Crippen LogP contribution < -0.4 is 0 Å². The van der Waals surface area contributed by atoms with E-state index >= 15 is 0 Å². The summed E-state index contributed by atoms with van der Waals surface area (Å²) in [6, 6.07) is 1.82. The Morgan fingerprint density at radius 3 is 2.23 bits per heavy atom. The fourth-order valence-corrected chi connectivity index (χ4v) is 1.51. The van der Waals surface area contributed by atoms with Gasteiger partial charge in [0.2, 0.25) is 0 Å². The molecule has 3 heteroatoms. The van der Waals surface area contributed by atoms with Crippen LogP contribution in [0.5, 0.6) is 0 Å². The number of carboxylic acids is 1. The van der Waals surface area contributed by atoms with Crippen molar-refractivity contribution in [1.82, 2.24) is 0 Å². The van der Waals surface area contributed by atoms with Gasteiger partial charge in [-0.05, 0) is 17.8 Å². The van der Waals surface area contributed by atoms with Crippen molar-refractivity contribution in [2.45, 2.75) is 34.1 Å². The van der Waals surface area contributed by atoms with E-state index in [-0.39, 0.29) is 11.3 Å². The fourth-order valence-electron chi connectivity index (χ4n) is 1.51. The van der Waals surface area contributed by atoms with E-state index in [4.69, 9.17) is 10.4 Å². The Kier molecular flexibility index (Phi) is 3.93. The van der Waals surface area contributed by atoms with E-state index in [0.717, 1.165) is 6.42 Å². The topological polar surface area (TPSA) is 61.1 Å². The molecule has 0 aromatic rings. The maximum Gasteiger partial charge on any atom is 0.321 e. The lowest BCUT2D eigenvalue weighted by atomic mass is 9.80. The van der Waals surface area contributed by atoms with Crippen molar-refractivity contribution in [3.8, 4) is 6.07 Å². The largest absolute Gasteiger partial charge is 0.480 e. The summed E-state index contributed by atoms with van der Waals surface area (Å²) < 4.78 is 0. The highest BCUT2D eigenvalue weighted by Gasteiger charge is 2.27. The van der Waals surface area contributed by atoms with Gasteiger partial charge in [-0.15, -0.1) is 0 Å². The van der Waals surface area contributed by atoms with Crippen LogP contribution in [0.3, 0.4) is 0 Å². The normalized spacial score (nSPS) is 15.9. The maximum absolute atomic E-state index is 10.6. The smallest absolute Gasteiger partial charge is 0.321 e. The number of rotatable bonds is 3. The van der Waals surface area contributed by atoms with E-state index < -0.39 is 11.9 Å².